The molecule has 0 radical (unpaired) electrons. The van der Waals surface area contributed by atoms with Crippen LogP contribution in [0.25, 0.3) is 0 Å². The predicted molar refractivity (Wildman–Crippen MR) is 45.9 cm³/mol. The van der Waals surface area contributed by atoms with Crippen LogP contribution < -0.4 is 11.5 Å². The van der Waals surface area contributed by atoms with E-state index < -0.39 is 33.0 Å². The first-order chi connectivity index (χ1) is 6.43. The summed E-state index contributed by atoms with van der Waals surface area (Å²) < 4.78 is 0. The van der Waals surface area contributed by atoms with E-state index in [2.05, 4.69) is 0 Å². The lowest BCUT2D eigenvalue weighted by atomic mass is 10.0. The van der Waals surface area contributed by atoms with E-state index >= 15 is 0 Å². The first-order valence-electron chi connectivity index (χ1n) is 3.68. The normalized spacial score (nSPS) is 21.8. The van der Waals surface area contributed by atoms with E-state index in [9.17, 15) is 20.2 Å². The van der Waals surface area contributed by atoms with E-state index in [4.69, 9.17) is 11.5 Å². The Kier molecular flexibility index (Phi) is 2.47. The van der Waals surface area contributed by atoms with Crippen LogP contribution in [0.15, 0.2) is 23.2 Å². The van der Waals surface area contributed by atoms with Gasteiger partial charge in [0.1, 0.15) is 0 Å². The molecule has 8 heteroatoms. The second kappa shape index (κ2) is 3.42. The molecular formula is C6H8N4O4. The molecule has 0 bridgehead atoms. The van der Waals surface area contributed by atoms with Crippen molar-refractivity contribution in [2.45, 2.75) is 12.5 Å². The van der Waals surface area contributed by atoms with Gasteiger partial charge in [0.05, 0.1) is 16.3 Å². The van der Waals surface area contributed by atoms with Gasteiger partial charge in [-0.05, 0) is 0 Å². The third kappa shape index (κ3) is 1.69. The van der Waals surface area contributed by atoms with Crippen LogP contribution in [-0.2, 0) is 0 Å². The Morgan fingerprint density at radius 2 is 1.93 bits per heavy atom. The van der Waals surface area contributed by atoms with Crippen molar-refractivity contribution in [2.24, 2.45) is 11.5 Å². The molecule has 1 rings (SSSR count). The van der Waals surface area contributed by atoms with Crippen LogP contribution in [0.2, 0.25) is 0 Å². The molecule has 0 aromatic heterocycles. The lowest BCUT2D eigenvalue weighted by Gasteiger charge is -2.11. The number of nitrogens with two attached hydrogens (primary N) is 2. The second-order valence-corrected chi connectivity index (χ2v) is 2.79. The zero-order chi connectivity index (χ0) is 10.9. The highest BCUT2D eigenvalue weighted by Gasteiger charge is 2.32. The molecule has 1 unspecified atom stereocenters. The van der Waals surface area contributed by atoms with E-state index in [1.54, 1.807) is 0 Å². The van der Waals surface area contributed by atoms with Gasteiger partial charge in [0, 0.05) is 12.1 Å². The van der Waals surface area contributed by atoms with Crippen LogP contribution in [0.5, 0.6) is 0 Å². The van der Waals surface area contributed by atoms with Crippen LogP contribution in [0.1, 0.15) is 6.42 Å². The molecule has 14 heavy (non-hydrogen) atoms. The van der Waals surface area contributed by atoms with Gasteiger partial charge in [0.2, 0.25) is 0 Å². The smallest absolute Gasteiger partial charge is 0.296 e. The van der Waals surface area contributed by atoms with Gasteiger partial charge in [-0.3, -0.25) is 20.2 Å². The minimum absolute atomic E-state index is 0.0871. The molecular weight excluding hydrogens is 192 g/mol. The summed E-state index contributed by atoms with van der Waals surface area (Å²) in [6, 6.07) is -0.733. The van der Waals surface area contributed by atoms with Gasteiger partial charge in [0.25, 0.3) is 11.4 Å². The van der Waals surface area contributed by atoms with Crippen LogP contribution in [0, 0.1) is 20.2 Å². The lowest BCUT2D eigenvalue weighted by Crippen LogP contribution is -2.29. The summed E-state index contributed by atoms with van der Waals surface area (Å²) >= 11 is 0. The summed E-state index contributed by atoms with van der Waals surface area (Å²) in [7, 11) is 0. The minimum Gasteiger partial charge on any atom is -0.388 e. The molecule has 0 amide bonds. The van der Waals surface area contributed by atoms with E-state index in [0.717, 1.165) is 6.08 Å². The summed E-state index contributed by atoms with van der Waals surface area (Å²) in [4.78, 5) is 19.3. The number of nitrogens with zero attached hydrogens (tertiary/aromatic N) is 2. The third-order valence-electron chi connectivity index (χ3n) is 1.80. The molecule has 1 atom stereocenters. The van der Waals surface area contributed by atoms with Crippen LogP contribution in [-0.4, -0.2) is 15.9 Å². The molecule has 76 valence electrons. The third-order valence-corrected chi connectivity index (χ3v) is 1.80. The standard InChI is InChI=1S/C6H8N4O4/c7-3-1-4(9(11)12)6(8)5(2-3)10(13)14/h1,3H,2,7-8H2. The lowest BCUT2D eigenvalue weighted by molar-refractivity contribution is -0.441. The van der Waals surface area contributed by atoms with E-state index in [0.29, 0.717) is 0 Å². The number of nitro groups is 2. The van der Waals surface area contributed by atoms with Gasteiger partial charge in [-0.2, -0.15) is 0 Å². The Morgan fingerprint density at radius 1 is 1.36 bits per heavy atom. The van der Waals surface area contributed by atoms with E-state index in [1.165, 1.54) is 0 Å². The quantitative estimate of drug-likeness (QED) is 0.447. The number of hydrogen-bond donors (Lipinski definition) is 2. The van der Waals surface area contributed by atoms with Gasteiger partial charge >= 0.3 is 0 Å². The highest BCUT2D eigenvalue weighted by Crippen LogP contribution is 2.21. The van der Waals surface area contributed by atoms with E-state index in [-0.39, 0.29) is 6.42 Å². The Balaban J connectivity index is 3.18. The SMILES string of the molecule is NC1=C([N+](=O)[O-])CC(N)C=C1[N+](=O)[O-]. The van der Waals surface area contributed by atoms with Crippen molar-refractivity contribution in [1.29, 1.82) is 0 Å². The first kappa shape index (κ1) is 10.1. The highest BCUT2D eigenvalue weighted by molar-refractivity contribution is 5.30. The largest absolute Gasteiger partial charge is 0.388 e. The molecule has 0 fully saturated rings. The van der Waals surface area contributed by atoms with Crippen LogP contribution in [0.4, 0.5) is 0 Å². The fourth-order valence-electron chi connectivity index (χ4n) is 1.16. The molecule has 0 spiro atoms. The van der Waals surface area contributed by atoms with Crippen molar-refractivity contribution < 1.29 is 9.85 Å². The molecule has 0 saturated carbocycles. The van der Waals surface area contributed by atoms with Gasteiger partial charge in [-0.1, -0.05) is 0 Å². The summed E-state index contributed by atoms with van der Waals surface area (Å²) in [5.41, 5.74) is 9.34. The van der Waals surface area contributed by atoms with Crippen molar-refractivity contribution in [3.05, 3.63) is 43.4 Å². The predicted octanol–water partition coefficient (Wildman–Crippen LogP) is -0.675. The van der Waals surface area contributed by atoms with Crippen LogP contribution >= 0.6 is 0 Å². The molecule has 0 saturated heterocycles. The maximum atomic E-state index is 10.4. The van der Waals surface area contributed by atoms with Crippen molar-refractivity contribution >= 4 is 0 Å². The first-order valence-corrected chi connectivity index (χ1v) is 3.68. The zero-order valence-corrected chi connectivity index (χ0v) is 7.04. The number of hydrogen-bond acceptors (Lipinski definition) is 6. The monoisotopic (exact) mass is 200 g/mol. The average Bonchev–Trinajstić information content (AvgIpc) is 2.07. The molecule has 0 heterocycles. The Morgan fingerprint density at radius 3 is 2.36 bits per heavy atom. The fourth-order valence-corrected chi connectivity index (χ4v) is 1.16. The molecule has 0 aliphatic heterocycles. The van der Waals surface area contributed by atoms with Gasteiger partial charge < -0.3 is 11.5 Å². The molecule has 0 aromatic carbocycles. The Bertz CT molecular complexity index is 359. The van der Waals surface area contributed by atoms with Crippen molar-refractivity contribution in [1.82, 2.24) is 0 Å². The Hall–Kier alpha value is -1.96. The van der Waals surface area contributed by atoms with Crippen LogP contribution in [0.3, 0.4) is 0 Å². The van der Waals surface area contributed by atoms with Gasteiger partial charge in [-0.25, -0.2) is 0 Å². The average molecular weight is 200 g/mol. The van der Waals surface area contributed by atoms with Crippen molar-refractivity contribution in [2.75, 3.05) is 0 Å². The fraction of sp³-hybridized carbons (Fsp3) is 0.333. The van der Waals surface area contributed by atoms with Crippen molar-refractivity contribution in [3.63, 3.8) is 0 Å². The molecule has 1 aliphatic rings. The van der Waals surface area contributed by atoms with Gasteiger partial charge in [0.15, 0.2) is 5.70 Å². The summed E-state index contributed by atoms with van der Waals surface area (Å²) in [6.45, 7) is 0. The Labute approximate surface area is 78.2 Å². The van der Waals surface area contributed by atoms with E-state index in [1.807, 2.05) is 0 Å². The van der Waals surface area contributed by atoms with Crippen molar-refractivity contribution in [3.8, 4) is 0 Å². The topological polar surface area (TPSA) is 138 Å². The minimum atomic E-state index is -0.780. The zero-order valence-electron chi connectivity index (χ0n) is 7.04. The maximum Gasteiger partial charge on any atom is 0.296 e. The molecule has 8 nitrogen and oxygen atoms in total. The molecule has 0 aromatic rings. The second-order valence-electron chi connectivity index (χ2n) is 2.79. The summed E-state index contributed by atoms with van der Waals surface area (Å²) in [5, 5.41) is 20.9. The summed E-state index contributed by atoms with van der Waals surface area (Å²) in [6.07, 6.45) is 1.03. The highest BCUT2D eigenvalue weighted by atomic mass is 16.6. The number of rotatable bonds is 2. The van der Waals surface area contributed by atoms with Gasteiger partial charge in [-0.15, -0.1) is 0 Å². The molecule has 4 N–H and O–H groups in total. The summed E-state index contributed by atoms with van der Waals surface area (Å²) in [5.74, 6) is 0. The molecule has 1 aliphatic carbocycles. The maximum absolute atomic E-state index is 10.4.